The van der Waals surface area contributed by atoms with Crippen LogP contribution in [0, 0.1) is 17.2 Å². The summed E-state index contributed by atoms with van der Waals surface area (Å²) in [5.41, 5.74) is 1.58. The largest absolute Gasteiger partial charge is 0.308 e. The topological polar surface area (TPSA) is 35.8 Å². The molecule has 0 spiro atoms. The van der Waals surface area contributed by atoms with Crippen LogP contribution in [0.1, 0.15) is 41.0 Å². The molecule has 1 N–H and O–H groups in total. The van der Waals surface area contributed by atoms with Crippen molar-refractivity contribution in [1.82, 2.24) is 5.32 Å². The van der Waals surface area contributed by atoms with Crippen molar-refractivity contribution in [1.29, 1.82) is 5.26 Å². The molecule has 2 aliphatic carbocycles. The van der Waals surface area contributed by atoms with E-state index < -0.39 is 0 Å². The summed E-state index contributed by atoms with van der Waals surface area (Å²) in [6.07, 6.45) is 7.35. The summed E-state index contributed by atoms with van der Waals surface area (Å²) in [6, 6.07) is 5.23. The monoisotopic (exact) mass is 246 g/mol. The number of nitrogens with one attached hydrogen (secondary N) is 1. The van der Waals surface area contributed by atoms with Crippen LogP contribution in [0.4, 0.5) is 0 Å². The van der Waals surface area contributed by atoms with Gasteiger partial charge in [0.25, 0.3) is 0 Å². The van der Waals surface area contributed by atoms with Gasteiger partial charge in [-0.15, -0.1) is 11.3 Å². The van der Waals surface area contributed by atoms with Gasteiger partial charge in [0.1, 0.15) is 0 Å². The number of fused-ring (bicyclic) bond motifs is 1. The number of hydrogen-bond acceptors (Lipinski definition) is 3. The lowest BCUT2D eigenvalue weighted by Crippen LogP contribution is -2.30. The maximum atomic E-state index is 9.04. The standard InChI is InChI=1S/C14H18N2S/c15-8-11-4-1-5-13(11)16-9-12-7-10-3-2-6-14(10)17-12/h7,11,13,16H,1-6,9H2. The molecule has 0 radical (unpaired) electrons. The minimum Gasteiger partial charge on any atom is -0.308 e. The van der Waals surface area contributed by atoms with Gasteiger partial charge in [-0.3, -0.25) is 0 Å². The second kappa shape index (κ2) is 4.80. The summed E-state index contributed by atoms with van der Waals surface area (Å²) in [6.45, 7) is 0.959. The van der Waals surface area contributed by atoms with Gasteiger partial charge in [0, 0.05) is 22.3 Å². The van der Waals surface area contributed by atoms with E-state index in [0.29, 0.717) is 6.04 Å². The molecule has 3 rings (SSSR count). The normalized spacial score (nSPS) is 27.0. The van der Waals surface area contributed by atoms with Gasteiger partial charge >= 0.3 is 0 Å². The molecule has 0 aromatic carbocycles. The fraction of sp³-hybridized carbons (Fsp3) is 0.643. The molecule has 0 bridgehead atoms. The highest BCUT2D eigenvalue weighted by atomic mass is 32.1. The van der Waals surface area contributed by atoms with E-state index in [0.717, 1.165) is 13.0 Å². The van der Waals surface area contributed by atoms with Gasteiger partial charge in [0.05, 0.1) is 12.0 Å². The number of nitrogens with zero attached hydrogens (tertiary/aromatic N) is 1. The summed E-state index contributed by atoms with van der Waals surface area (Å²) in [7, 11) is 0. The lowest BCUT2D eigenvalue weighted by molar-refractivity contribution is 0.466. The molecule has 1 fully saturated rings. The predicted octanol–water partition coefficient (Wildman–Crippen LogP) is 3.02. The highest BCUT2D eigenvalue weighted by Crippen LogP contribution is 2.31. The highest BCUT2D eigenvalue weighted by molar-refractivity contribution is 7.12. The molecule has 3 heteroatoms. The van der Waals surface area contributed by atoms with Gasteiger partial charge in [-0.2, -0.15) is 5.26 Å². The molecule has 0 saturated heterocycles. The Morgan fingerprint density at radius 1 is 1.35 bits per heavy atom. The van der Waals surface area contributed by atoms with Crippen LogP contribution in [-0.4, -0.2) is 6.04 Å². The minimum atomic E-state index is 0.238. The first kappa shape index (κ1) is 11.3. The van der Waals surface area contributed by atoms with Crippen LogP contribution >= 0.6 is 11.3 Å². The maximum absolute atomic E-state index is 9.04. The van der Waals surface area contributed by atoms with Gasteiger partial charge in [-0.05, 0) is 43.7 Å². The fourth-order valence-corrected chi connectivity index (χ4v) is 4.28. The third-order valence-electron chi connectivity index (χ3n) is 4.02. The SMILES string of the molecule is N#CC1CCCC1NCc1cc2c(s1)CCC2. The molecule has 17 heavy (non-hydrogen) atoms. The van der Waals surface area contributed by atoms with Crippen LogP contribution in [0.25, 0.3) is 0 Å². The van der Waals surface area contributed by atoms with Gasteiger partial charge in [0.2, 0.25) is 0 Å². The van der Waals surface area contributed by atoms with Crippen LogP contribution in [0.15, 0.2) is 6.07 Å². The zero-order valence-electron chi connectivity index (χ0n) is 10.0. The second-order valence-corrected chi connectivity index (χ2v) is 6.39. The molecule has 0 amide bonds. The van der Waals surface area contributed by atoms with Crippen LogP contribution in [-0.2, 0) is 19.4 Å². The average Bonchev–Trinajstić information content (AvgIpc) is 3.00. The molecule has 2 aliphatic rings. The van der Waals surface area contributed by atoms with Crippen molar-refractivity contribution in [2.45, 2.75) is 51.1 Å². The first-order valence-electron chi connectivity index (χ1n) is 6.60. The first-order valence-corrected chi connectivity index (χ1v) is 7.42. The Bertz CT molecular complexity index is 422. The maximum Gasteiger partial charge on any atom is 0.0672 e. The van der Waals surface area contributed by atoms with Crippen molar-refractivity contribution in [3.63, 3.8) is 0 Å². The third kappa shape index (κ3) is 2.25. The van der Waals surface area contributed by atoms with Crippen molar-refractivity contribution in [3.05, 3.63) is 21.4 Å². The Hall–Kier alpha value is -0.850. The third-order valence-corrected chi connectivity index (χ3v) is 5.25. The van der Waals surface area contributed by atoms with E-state index in [9.17, 15) is 0 Å². The van der Waals surface area contributed by atoms with E-state index in [4.69, 9.17) is 5.26 Å². The Morgan fingerprint density at radius 2 is 2.29 bits per heavy atom. The zero-order chi connectivity index (χ0) is 11.7. The molecular formula is C14H18N2S. The number of aryl methyl sites for hydroxylation is 2. The molecule has 90 valence electrons. The Balaban J connectivity index is 1.58. The number of thiophene rings is 1. The van der Waals surface area contributed by atoms with Gasteiger partial charge in [0.15, 0.2) is 0 Å². The van der Waals surface area contributed by atoms with E-state index in [-0.39, 0.29) is 5.92 Å². The second-order valence-electron chi connectivity index (χ2n) is 5.17. The summed E-state index contributed by atoms with van der Waals surface area (Å²) in [5, 5.41) is 12.6. The molecule has 1 saturated carbocycles. The predicted molar refractivity (Wildman–Crippen MR) is 69.9 cm³/mol. The molecule has 1 heterocycles. The highest BCUT2D eigenvalue weighted by Gasteiger charge is 2.26. The average molecular weight is 246 g/mol. The summed E-state index contributed by atoms with van der Waals surface area (Å²) >= 11 is 1.97. The minimum absolute atomic E-state index is 0.238. The summed E-state index contributed by atoms with van der Waals surface area (Å²) in [4.78, 5) is 3.06. The van der Waals surface area contributed by atoms with E-state index >= 15 is 0 Å². The Kier molecular flexibility index (Phi) is 3.17. The fourth-order valence-electron chi connectivity index (χ4n) is 3.07. The first-order chi connectivity index (χ1) is 8.36. The van der Waals surface area contributed by atoms with Gasteiger partial charge in [-0.25, -0.2) is 0 Å². The Labute approximate surface area is 107 Å². The number of hydrogen-bond donors (Lipinski definition) is 1. The molecule has 1 aromatic rings. The van der Waals surface area contributed by atoms with Crippen LogP contribution in [0.5, 0.6) is 0 Å². The lowest BCUT2D eigenvalue weighted by atomic mass is 10.1. The van der Waals surface area contributed by atoms with Gasteiger partial charge < -0.3 is 5.32 Å². The van der Waals surface area contributed by atoms with Crippen molar-refractivity contribution < 1.29 is 0 Å². The van der Waals surface area contributed by atoms with E-state index in [1.807, 2.05) is 11.3 Å². The van der Waals surface area contributed by atoms with E-state index in [2.05, 4.69) is 17.5 Å². The van der Waals surface area contributed by atoms with Crippen LogP contribution in [0.3, 0.4) is 0 Å². The molecule has 2 nitrogen and oxygen atoms in total. The van der Waals surface area contributed by atoms with Crippen LogP contribution < -0.4 is 5.32 Å². The number of nitriles is 1. The van der Waals surface area contributed by atoms with Crippen LogP contribution in [0.2, 0.25) is 0 Å². The van der Waals surface area contributed by atoms with Gasteiger partial charge in [-0.1, -0.05) is 6.42 Å². The quantitative estimate of drug-likeness (QED) is 0.890. The lowest BCUT2D eigenvalue weighted by Gasteiger charge is -2.14. The Morgan fingerprint density at radius 3 is 3.12 bits per heavy atom. The van der Waals surface area contributed by atoms with E-state index in [1.54, 1.807) is 10.4 Å². The number of rotatable bonds is 3. The van der Waals surface area contributed by atoms with E-state index in [1.165, 1.54) is 37.0 Å². The molecular weight excluding hydrogens is 228 g/mol. The molecule has 2 atom stereocenters. The molecule has 1 aromatic heterocycles. The van der Waals surface area contributed by atoms with Crippen molar-refractivity contribution in [2.75, 3.05) is 0 Å². The molecule has 2 unspecified atom stereocenters. The zero-order valence-corrected chi connectivity index (χ0v) is 10.9. The van der Waals surface area contributed by atoms with Crippen molar-refractivity contribution >= 4 is 11.3 Å². The summed E-state index contributed by atoms with van der Waals surface area (Å²) < 4.78 is 0. The smallest absolute Gasteiger partial charge is 0.0672 e. The molecule has 0 aliphatic heterocycles. The van der Waals surface area contributed by atoms with Crippen molar-refractivity contribution in [2.24, 2.45) is 5.92 Å². The van der Waals surface area contributed by atoms with Crippen molar-refractivity contribution in [3.8, 4) is 6.07 Å². The summed E-state index contributed by atoms with van der Waals surface area (Å²) in [5.74, 6) is 0.238.